The Morgan fingerprint density at radius 1 is 1.00 bits per heavy atom. The number of aromatic nitrogens is 2. The molecule has 0 radical (unpaired) electrons. The van der Waals surface area contributed by atoms with Gasteiger partial charge in [-0.15, -0.1) is 0 Å². The van der Waals surface area contributed by atoms with Gasteiger partial charge < -0.3 is 9.30 Å². The molecule has 1 atom stereocenters. The summed E-state index contributed by atoms with van der Waals surface area (Å²) in [5, 5.41) is 0. The maximum Gasteiger partial charge on any atom is 0.233 e. The first-order chi connectivity index (χ1) is 14.4. The monoisotopic (exact) mass is 399 g/mol. The van der Waals surface area contributed by atoms with Crippen molar-refractivity contribution < 1.29 is 9.18 Å². The van der Waals surface area contributed by atoms with E-state index in [1.165, 1.54) is 12.1 Å². The van der Waals surface area contributed by atoms with Crippen LogP contribution in [0.4, 0.5) is 10.1 Å². The molecule has 1 aliphatic heterocycles. The Bertz CT molecular complexity index is 1230. The molecule has 0 saturated carbocycles. The van der Waals surface area contributed by atoms with Crippen LogP contribution in [0.2, 0.25) is 0 Å². The Labute approximate surface area is 174 Å². The zero-order valence-corrected chi connectivity index (χ0v) is 16.9. The van der Waals surface area contributed by atoms with Crippen LogP contribution in [0.25, 0.3) is 16.8 Å². The average Bonchev–Trinajstić information content (AvgIpc) is 3.27. The summed E-state index contributed by atoms with van der Waals surface area (Å²) in [7, 11) is 0. The molecule has 4 aromatic rings. The Balaban J connectivity index is 1.58. The smallest absolute Gasteiger partial charge is 0.233 e. The van der Waals surface area contributed by atoms with E-state index >= 15 is 0 Å². The number of carbonyl (C=O) groups is 1. The second kappa shape index (κ2) is 6.80. The predicted molar refractivity (Wildman–Crippen MR) is 116 cm³/mol. The van der Waals surface area contributed by atoms with Crippen molar-refractivity contribution >= 4 is 17.1 Å². The van der Waals surface area contributed by atoms with E-state index < -0.39 is 5.41 Å². The molecule has 1 aliphatic rings. The summed E-state index contributed by atoms with van der Waals surface area (Å²) in [6, 6.07) is 20.4. The third-order valence-electron chi connectivity index (χ3n) is 5.91. The van der Waals surface area contributed by atoms with Crippen LogP contribution >= 0.6 is 0 Å². The highest BCUT2D eigenvalue weighted by atomic mass is 19.1. The fraction of sp³-hybridized carbons (Fsp3) is 0.200. The largest absolute Gasteiger partial charge is 0.304 e. The van der Waals surface area contributed by atoms with E-state index in [9.17, 15) is 9.18 Å². The molecule has 5 rings (SSSR count). The van der Waals surface area contributed by atoms with E-state index in [2.05, 4.69) is 17.1 Å². The van der Waals surface area contributed by atoms with Gasteiger partial charge in [0.1, 0.15) is 12.1 Å². The van der Waals surface area contributed by atoms with Crippen LogP contribution in [-0.4, -0.2) is 15.3 Å². The summed E-state index contributed by atoms with van der Waals surface area (Å²) >= 11 is 0. The molecule has 0 unspecified atom stereocenters. The molecule has 1 fully saturated rings. The van der Waals surface area contributed by atoms with Gasteiger partial charge in [-0.3, -0.25) is 4.79 Å². The molecular weight excluding hydrogens is 377 g/mol. The normalized spacial score (nSPS) is 18.3. The Morgan fingerprint density at radius 3 is 2.47 bits per heavy atom. The van der Waals surface area contributed by atoms with Gasteiger partial charge in [0.15, 0.2) is 0 Å². The second-order valence-corrected chi connectivity index (χ2v) is 8.47. The third kappa shape index (κ3) is 2.98. The molecule has 0 bridgehead atoms. The number of hydrogen-bond acceptors (Lipinski definition) is 2. The summed E-state index contributed by atoms with van der Waals surface area (Å²) in [6.45, 7) is 4.02. The van der Waals surface area contributed by atoms with Crippen LogP contribution in [0.5, 0.6) is 0 Å². The standard InChI is InChI=1S/C25H22FN3O/c1-25(2)14-22(17-6-4-3-5-7-17)29(24(25)30)20-12-13-21-23(27-16-28(21)15-20)18-8-10-19(26)11-9-18/h3-13,15-16,22H,14H2,1-2H3/t22-/m0/s1. The summed E-state index contributed by atoms with van der Waals surface area (Å²) in [6.07, 6.45) is 4.45. The van der Waals surface area contributed by atoms with Crippen LogP contribution < -0.4 is 4.90 Å². The van der Waals surface area contributed by atoms with Crippen molar-refractivity contribution in [2.24, 2.45) is 5.41 Å². The van der Waals surface area contributed by atoms with Crippen molar-refractivity contribution in [2.75, 3.05) is 4.90 Å². The maximum atomic E-state index is 13.3. The average molecular weight is 399 g/mol. The van der Waals surface area contributed by atoms with Crippen LogP contribution in [0, 0.1) is 11.2 Å². The zero-order chi connectivity index (χ0) is 20.9. The first-order valence-electron chi connectivity index (χ1n) is 10.1. The highest BCUT2D eigenvalue weighted by Crippen LogP contribution is 2.46. The van der Waals surface area contributed by atoms with Gasteiger partial charge >= 0.3 is 0 Å². The quantitative estimate of drug-likeness (QED) is 0.447. The fourth-order valence-electron chi connectivity index (χ4n) is 4.33. The number of halogens is 1. The van der Waals surface area contributed by atoms with E-state index in [0.717, 1.165) is 34.4 Å². The molecule has 0 aliphatic carbocycles. The summed E-state index contributed by atoms with van der Waals surface area (Å²) in [5.41, 5.74) is 4.10. The lowest BCUT2D eigenvalue weighted by molar-refractivity contribution is -0.124. The lowest BCUT2D eigenvalue weighted by atomic mass is 9.88. The van der Waals surface area contributed by atoms with Gasteiger partial charge in [0, 0.05) is 17.2 Å². The number of imidazole rings is 1. The van der Waals surface area contributed by atoms with Crippen molar-refractivity contribution in [2.45, 2.75) is 26.3 Å². The molecule has 3 heterocycles. The molecule has 4 nitrogen and oxygen atoms in total. The summed E-state index contributed by atoms with van der Waals surface area (Å²) in [5.74, 6) is -0.152. The molecule has 5 heteroatoms. The number of anilines is 1. The Morgan fingerprint density at radius 2 is 1.73 bits per heavy atom. The van der Waals surface area contributed by atoms with E-state index in [1.807, 2.05) is 59.7 Å². The lowest BCUT2D eigenvalue weighted by Gasteiger charge is -2.25. The number of amides is 1. The minimum absolute atomic E-state index is 0.00811. The number of carbonyl (C=O) groups excluding carboxylic acids is 1. The van der Waals surface area contributed by atoms with Crippen LogP contribution in [0.15, 0.2) is 79.3 Å². The number of fused-ring (bicyclic) bond motifs is 1. The van der Waals surface area contributed by atoms with Gasteiger partial charge in [-0.2, -0.15) is 0 Å². The van der Waals surface area contributed by atoms with E-state index in [0.29, 0.717) is 0 Å². The molecule has 30 heavy (non-hydrogen) atoms. The highest BCUT2D eigenvalue weighted by molar-refractivity contribution is 6.00. The molecular formula is C25H22FN3O. The van der Waals surface area contributed by atoms with Gasteiger partial charge in [-0.25, -0.2) is 9.37 Å². The van der Waals surface area contributed by atoms with Gasteiger partial charge in [-0.05, 0) is 48.4 Å². The number of hydrogen-bond donors (Lipinski definition) is 0. The minimum atomic E-state index is -0.427. The number of pyridine rings is 1. The minimum Gasteiger partial charge on any atom is -0.304 e. The third-order valence-corrected chi connectivity index (χ3v) is 5.91. The molecule has 1 amide bonds. The summed E-state index contributed by atoms with van der Waals surface area (Å²) < 4.78 is 15.2. The number of nitrogens with zero attached hydrogens (tertiary/aromatic N) is 3. The first kappa shape index (κ1) is 18.6. The lowest BCUT2D eigenvalue weighted by Crippen LogP contribution is -2.32. The SMILES string of the molecule is CC1(C)C[C@@H](c2ccccc2)N(c2ccc3c(-c4ccc(F)cc4)ncn3c2)C1=O. The molecule has 0 N–H and O–H groups in total. The molecule has 2 aromatic carbocycles. The van der Waals surface area contributed by atoms with Crippen molar-refractivity contribution in [3.8, 4) is 11.3 Å². The number of rotatable bonds is 3. The zero-order valence-electron chi connectivity index (χ0n) is 16.9. The van der Waals surface area contributed by atoms with Crippen molar-refractivity contribution in [1.29, 1.82) is 0 Å². The van der Waals surface area contributed by atoms with Gasteiger partial charge in [0.2, 0.25) is 5.91 Å². The van der Waals surface area contributed by atoms with E-state index in [-0.39, 0.29) is 17.8 Å². The van der Waals surface area contributed by atoms with Gasteiger partial charge in [0.25, 0.3) is 0 Å². The highest BCUT2D eigenvalue weighted by Gasteiger charge is 2.46. The van der Waals surface area contributed by atoms with Gasteiger partial charge in [0.05, 0.1) is 22.9 Å². The fourth-order valence-corrected chi connectivity index (χ4v) is 4.33. The van der Waals surface area contributed by atoms with Crippen LogP contribution in [0.1, 0.15) is 31.9 Å². The Hall–Kier alpha value is -3.47. The maximum absolute atomic E-state index is 13.3. The van der Waals surface area contributed by atoms with Gasteiger partial charge in [-0.1, -0.05) is 44.2 Å². The second-order valence-electron chi connectivity index (χ2n) is 8.47. The van der Waals surface area contributed by atoms with Crippen LogP contribution in [0.3, 0.4) is 0 Å². The molecule has 150 valence electrons. The van der Waals surface area contributed by atoms with Crippen molar-refractivity contribution in [1.82, 2.24) is 9.38 Å². The van der Waals surface area contributed by atoms with E-state index in [4.69, 9.17) is 0 Å². The number of benzene rings is 2. The first-order valence-corrected chi connectivity index (χ1v) is 10.1. The molecule has 1 saturated heterocycles. The van der Waals surface area contributed by atoms with Crippen LogP contribution in [-0.2, 0) is 4.79 Å². The predicted octanol–water partition coefficient (Wildman–Crippen LogP) is 5.64. The summed E-state index contributed by atoms with van der Waals surface area (Å²) in [4.78, 5) is 19.7. The van der Waals surface area contributed by atoms with Crippen molar-refractivity contribution in [3.63, 3.8) is 0 Å². The molecule has 2 aromatic heterocycles. The topological polar surface area (TPSA) is 37.6 Å². The molecule has 0 spiro atoms. The Kier molecular flexibility index (Phi) is 4.21. The van der Waals surface area contributed by atoms with E-state index in [1.54, 1.807) is 18.5 Å². The van der Waals surface area contributed by atoms with Crippen molar-refractivity contribution in [3.05, 3.63) is 90.6 Å².